The molecule has 2 aromatic rings. The first-order valence-electron chi connectivity index (χ1n) is 12.0. The number of hydrogen-bond donors (Lipinski definition) is 0. The van der Waals surface area contributed by atoms with Crippen molar-refractivity contribution in [1.82, 2.24) is 14.9 Å². The van der Waals surface area contributed by atoms with Gasteiger partial charge >= 0.3 is 0 Å². The molecule has 0 bridgehead atoms. The third kappa shape index (κ3) is 5.44. The van der Waals surface area contributed by atoms with E-state index < -0.39 is 0 Å². The maximum absolute atomic E-state index is 13.0. The van der Waals surface area contributed by atoms with Crippen LogP contribution < -0.4 is 4.90 Å². The molecule has 1 aromatic heterocycles. The van der Waals surface area contributed by atoms with Crippen LogP contribution in [0.5, 0.6) is 0 Å². The van der Waals surface area contributed by atoms with Crippen LogP contribution in [-0.2, 0) is 11.2 Å². The SMILES string of the molecule is CCCCC(CC)C(=O)N1CCN(c2nc(-c3cccc(C)c3)nc(C)c2CC)CC1. The van der Waals surface area contributed by atoms with Crippen LogP contribution in [0.25, 0.3) is 11.4 Å². The van der Waals surface area contributed by atoms with E-state index in [1.165, 1.54) is 11.1 Å². The van der Waals surface area contributed by atoms with E-state index in [4.69, 9.17) is 9.97 Å². The molecule has 3 rings (SSSR count). The zero-order chi connectivity index (χ0) is 22.4. The average Bonchev–Trinajstić information content (AvgIpc) is 2.79. The summed E-state index contributed by atoms with van der Waals surface area (Å²) in [4.78, 5) is 27.3. The largest absolute Gasteiger partial charge is 0.353 e. The lowest BCUT2D eigenvalue weighted by Crippen LogP contribution is -2.51. The summed E-state index contributed by atoms with van der Waals surface area (Å²) in [6.07, 6.45) is 5.13. The van der Waals surface area contributed by atoms with Crippen LogP contribution in [0.15, 0.2) is 24.3 Å². The molecule has 1 unspecified atom stereocenters. The van der Waals surface area contributed by atoms with Crippen LogP contribution in [0, 0.1) is 19.8 Å². The van der Waals surface area contributed by atoms with E-state index in [9.17, 15) is 4.79 Å². The maximum atomic E-state index is 13.0. The number of unbranched alkanes of at least 4 members (excludes halogenated alkanes) is 1. The van der Waals surface area contributed by atoms with Crippen molar-refractivity contribution in [2.75, 3.05) is 31.1 Å². The first-order chi connectivity index (χ1) is 15.0. The van der Waals surface area contributed by atoms with Gasteiger partial charge in [-0.25, -0.2) is 9.97 Å². The number of anilines is 1. The standard InChI is InChI=1S/C26H38N4O/c1-6-9-12-21(7-2)26(31)30-16-14-29(15-17-30)25-23(8-3)20(5)27-24(28-25)22-13-10-11-19(4)18-22/h10-11,13,18,21H,6-9,12,14-17H2,1-5H3. The molecule has 0 radical (unpaired) electrons. The van der Waals surface area contributed by atoms with Gasteiger partial charge in [0.2, 0.25) is 5.91 Å². The van der Waals surface area contributed by atoms with Gasteiger partial charge in [0, 0.05) is 48.9 Å². The monoisotopic (exact) mass is 422 g/mol. The van der Waals surface area contributed by atoms with Crippen LogP contribution in [-0.4, -0.2) is 47.0 Å². The zero-order valence-electron chi connectivity index (χ0n) is 19.9. The van der Waals surface area contributed by atoms with E-state index in [0.717, 1.165) is 81.2 Å². The lowest BCUT2D eigenvalue weighted by molar-refractivity contribution is -0.136. The lowest BCUT2D eigenvalue weighted by atomic mass is 9.97. The van der Waals surface area contributed by atoms with E-state index in [-0.39, 0.29) is 5.92 Å². The normalized spacial score (nSPS) is 15.3. The molecule has 1 aromatic carbocycles. The Morgan fingerprint density at radius 3 is 2.42 bits per heavy atom. The summed E-state index contributed by atoms with van der Waals surface area (Å²) in [5.74, 6) is 2.34. The fraction of sp³-hybridized carbons (Fsp3) is 0.577. The molecule has 168 valence electrons. The summed E-state index contributed by atoms with van der Waals surface area (Å²) in [7, 11) is 0. The van der Waals surface area contributed by atoms with Crippen LogP contribution in [0.3, 0.4) is 0 Å². The van der Waals surface area contributed by atoms with Gasteiger partial charge in [0.25, 0.3) is 0 Å². The van der Waals surface area contributed by atoms with Crippen molar-refractivity contribution in [3.63, 3.8) is 0 Å². The van der Waals surface area contributed by atoms with E-state index in [0.29, 0.717) is 5.91 Å². The van der Waals surface area contributed by atoms with Crippen LogP contribution in [0.2, 0.25) is 0 Å². The Hall–Kier alpha value is -2.43. The fourth-order valence-corrected chi connectivity index (χ4v) is 4.52. The number of piperazine rings is 1. The molecule has 1 amide bonds. The molecule has 0 N–H and O–H groups in total. The van der Waals surface area contributed by atoms with Gasteiger partial charge in [0.1, 0.15) is 5.82 Å². The number of benzene rings is 1. The Morgan fingerprint density at radius 1 is 1.06 bits per heavy atom. The molecule has 1 aliphatic heterocycles. The van der Waals surface area contributed by atoms with Gasteiger partial charge in [-0.1, -0.05) is 57.4 Å². The van der Waals surface area contributed by atoms with Crippen LogP contribution >= 0.6 is 0 Å². The van der Waals surface area contributed by atoms with Gasteiger partial charge in [-0.3, -0.25) is 4.79 Å². The Balaban J connectivity index is 1.78. The summed E-state index contributed by atoms with van der Waals surface area (Å²) in [5.41, 5.74) is 4.53. The van der Waals surface area contributed by atoms with Gasteiger partial charge in [-0.15, -0.1) is 0 Å². The molecule has 5 nitrogen and oxygen atoms in total. The predicted molar refractivity (Wildman–Crippen MR) is 128 cm³/mol. The third-order valence-corrected chi connectivity index (χ3v) is 6.46. The number of aromatic nitrogens is 2. The summed E-state index contributed by atoms with van der Waals surface area (Å²) < 4.78 is 0. The van der Waals surface area contributed by atoms with E-state index >= 15 is 0 Å². The van der Waals surface area contributed by atoms with Crippen molar-refractivity contribution >= 4 is 11.7 Å². The second-order valence-electron chi connectivity index (χ2n) is 8.72. The minimum absolute atomic E-state index is 0.173. The highest BCUT2D eigenvalue weighted by atomic mass is 16.2. The number of carbonyl (C=O) groups is 1. The van der Waals surface area contributed by atoms with Crippen LogP contribution in [0.4, 0.5) is 5.82 Å². The zero-order valence-corrected chi connectivity index (χ0v) is 19.9. The number of nitrogens with zero attached hydrogens (tertiary/aromatic N) is 4. The Kier molecular flexibility index (Phi) is 8.05. The van der Waals surface area contributed by atoms with E-state index in [1.807, 2.05) is 0 Å². The Bertz CT molecular complexity index is 887. The van der Waals surface area contributed by atoms with Crippen molar-refractivity contribution < 1.29 is 4.79 Å². The van der Waals surface area contributed by atoms with Gasteiger partial charge in [0.15, 0.2) is 5.82 Å². The second-order valence-corrected chi connectivity index (χ2v) is 8.72. The minimum Gasteiger partial charge on any atom is -0.353 e. The van der Waals surface area contributed by atoms with Gasteiger partial charge in [-0.2, -0.15) is 0 Å². The summed E-state index contributed by atoms with van der Waals surface area (Å²) in [6.45, 7) is 13.9. The number of amides is 1. The first kappa shape index (κ1) is 23.2. The minimum atomic E-state index is 0.173. The first-order valence-corrected chi connectivity index (χ1v) is 12.0. The average molecular weight is 423 g/mol. The second kappa shape index (κ2) is 10.7. The Morgan fingerprint density at radius 2 is 1.81 bits per heavy atom. The molecule has 0 aliphatic carbocycles. The van der Waals surface area contributed by atoms with Crippen molar-refractivity contribution in [2.45, 2.75) is 66.7 Å². The topological polar surface area (TPSA) is 49.3 Å². The lowest BCUT2D eigenvalue weighted by Gasteiger charge is -2.38. The molecule has 2 heterocycles. The molecule has 0 saturated carbocycles. The van der Waals surface area contributed by atoms with Crippen molar-refractivity contribution in [1.29, 1.82) is 0 Å². The molecular weight excluding hydrogens is 384 g/mol. The van der Waals surface area contributed by atoms with Gasteiger partial charge < -0.3 is 9.80 Å². The van der Waals surface area contributed by atoms with Crippen molar-refractivity contribution in [3.8, 4) is 11.4 Å². The highest BCUT2D eigenvalue weighted by Gasteiger charge is 2.28. The van der Waals surface area contributed by atoms with Gasteiger partial charge in [0.05, 0.1) is 0 Å². The molecule has 1 atom stereocenters. The summed E-state index contributed by atoms with van der Waals surface area (Å²) in [6, 6.07) is 8.37. The quantitative estimate of drug-likeness (QED) is 0.587. The highest BCUT2D eigenvalue weighted by Crippen LogP contribution is 2.27. The van der Waals surface area contributed by atoms with Crippen LogP contribution in [0.1, 0.15) is 63.3 Å². The molecule has 31 heavy (non-hydrogen) atoms. The Labute approximate surface area is 187 Å². The number of carbonyl (C=O) groups excluding carboxylic acids is 1. The molecule has 1 aliphatic rings. The number of aryl methyl sites for hydroxylation is 2. The number of hydrogen-bond acceptors (Lipinski definition) is 4. The van der Waals surface area contributed by atoms with Gasteiger partial charge in [-0.05, 0) is 39.2 Å². The maximum Gasteiger partial charge on any atom is 0.225 e. The van der Waals surface area contributed by atoms with E-state index in [1.54, 1.807) is 0 Å². The van der Waals surface area contributed by atoms with Crippen molar-refractivity contribution in [3.05, 3.63) is 41.1 Å². The summed E-state index contributed by atoms with van der Waals surface area (Å²) >= 11 is 0. The number of rotatable bonds is 8. The summed E-state index contributed by atoms with van der Waals surface area (Å²) in [5, 5.41) is 0. The highest BCUT2D eigenvalue weighted by molar-refractivity contribution is 5.79. The molecule has 0 spiro atoms. The third-order valence-electron chi connectivity index (χ3n) is 6.46. The van der Waals surface area contributed by atoms with E-state index in [2.05, 4.69) is 68.7 Å². The van der Waals surface area contributed by atoms with Crippen molar-refractivity contribution in [2.24, 2.45) is 5.92 Å². The molecule has 5 heteroatoms. The molecule has 1 saturated heterocycles. The molecule has 1 fully saturated rings. The molecular formula is C26H38N4O. The smallest absolute Gasteiger partial charge is 0.225 e. The predicted octanol–water partition coefficient (Wildman–Crippen LogP) is 5.19. The fourth-order valence-electron chi connectivity index (χ4n) is 4.52.